The maximum absolute atomic E-state index is 12.2. The van der Waals surface area contributed by atoms with E-state index in [0.29, 0.717) is 36.8 Å². The van der Waals surface area contributed by atoms with Crippen LogP contribution in [0.15, 0.2) is 42.5 Å². The SMILES string of the molecule is Cc1ccc(C(=O)OCC(=O)N(C)Cc2ccc3c(c2)OCCO3)cc1. The summed E-state index contributed by atoms with van der Waals surface area (Å²) in [5.74, 6) is 0.604. The summed E-state index contributed by atoms with van der Waals surface area (Å²) in [5, 5.41) is 0. The molecule has 0 aliphatic carbocycles. The van der Waals surface area contributed by atoms with Crippen molar-refractivity contribution in [2.24, 2.45) is 0 Å². The quantitative estimate of drug-likeness (QED) is 0.772. The van der Waals surface area contributed by atoms with Gasteiger partial charge < -0.3 is 19.1 Å². The van der Waals surface area contributed by atoms with Gasteiger partial charge in [0.1, 0.15) is 13.2 Å². The van der Waals surface area contributed by atoms with Gasteiger partial charge in [-0.25, -0.2) is 4.79 Å². The highest BCUT2D eigenvalue weighted by atomic mass is 16.6. The highest BCUT2D eigenvalue weighted by Gasteiger charge is 2.16. The van der Waals surface area contributed by atoms with Crippen molar-refractivity contribution in [3.63, 3.8) is 0 Å². The Labute approximate surface area is 152 Å². The van der Waals surface area contributed by atoms with Crippen molar-refractivity contribution in [2.75, 3.05) is 26.9 Å². The first kappa shape index (κ1) is 17.8. The molecule has 6 nitrogen and oxygen atoms in total. The molecular weight excluding hydrogens is 334 g/mol. The van der Waals surface area contributed by atoms with Gasteiger partial charge in [0.2, 0.25) is 0 Å². The average molecular weight is 355 g/mol. The molecule has 2 aromatic carbocycles. The number of ether oxygens (including phenoxy) is 3. The Hall–Kier alpha value is -3.02. The third-order valence-corrected chi connectivity index (χ3v) is 4.07. The molecule has 0 aromatic heterocycles. The number of rotatable bonds is 5. The van der Waals surface area contributed by atoms with E-state index in [-0.39, 0.29) is 12.5 Å². The van der Waals surface area contributed by atoms with Gasteiger partial charge in [0.25, 0.3) is 5.91 Å². The third kappa shape index (κ3) is 4.33. The summed E-state index contributed by atoms with van der Waals surface area (Å²) in [6.07, 6.45) is 0. The van der Waals surface area contributed by atoms with Crippen LogP contribution in [0, 0.1) is 6.92 Å². The van der Waals surface area contributed by atoms with Crippen LogP contribution in [0.25, 0.3) is 0 Å². The molecule has 0 radical (unpaired) electrons. The van der Waals surface area contributed by atoms with Crippen LogP contribution in [0.3, 0.4) is 0 Å². The van der Waals surface area contributed by atoms with E-state index in [1.807, 2.05) is 37.3 Å². The molecule has 1 heterocycles. The van der Waals surface area contributed by atoms with Gasteiger partial charge in [0.05, 0.1) is 5.56 Å². The zero-order valence-electron chi connectivity index (χ0n) is 14.9. The fourth-order valence-corrected chi connectivity index (χ4v) is 2.56. The normalized spacial score (nSPS) is 12.4. The number of esters is 1. The lowest BCUT2D eigenvalue weighted by Crippen LogP contribution is -2.30. The second-order valence-electron chi connectivity index (χ2n) is 6.17. The number of aryl methyl sites for hydroxylation is 1. The van der Waals surface area contributed by atoms with Gasteiger partial charge in [0, 0.05) is 13.6 Å². The number of hydrogen-bond acceptors (Lipinski definition) is 5. The zero-order valence-corrected chi connectivity index (χ0v) is 14.9. The Balaban J connectivity index is 1.53. The van der Waals surface area contributed by atoms with Crippen LogP contribution in [0.2, 0.25) is 0 Å². The van der Waals surface area contributed by atoms with Crippen molar-refractivity contribution in [3.8, 4) is 11.5 Å². The third-order valence-electron chi connectivity index (χ3n) is 4.07. The highest BCUT2D eigenvalue weighted by molar-refractivity contribution is 5.91. The van der Waals surface area contributed by atoms with E-state index in [1.165, 1.54) is 4.90 Å². The molecule has 1 aliphatic rings. The molecule has 136 valence electrons. The molecule has 0 atom stereocenters. The monoisotopic (exact) mass is 355 g/mol. The summed E-state index contributed by atoms with van der Waals surface area (Å²) >= 11 is 0. The standard InChI is InChI=1S/C20H21NO5/c1-14-3-6-16(7-4-14)20(23)26-13-19(22)21(2)12-15-5-8-17-18(11-15)25-10-9-24-17/h3-8,11H,9-10,12-13H2,1-2H3. The van der Waals surface area contributed by atoms with Gasteiger partial charge in [-0.2, -0.15) is 0 Å². The number of carbonyl (C=O) groups excluding carboxylic acids is 2. The lowest BCUT2D eigenvalue weighted by atomic mass is 10.1. The van der Waals surface area contributed by atoms with Gasteiger partial charge >= 0.3 is 5.97 Å². The van der Waals surface area contributed by atoms with Gasteiger partial charge in [-0.1, -0.05) is 23.8 Å². The van der Waals surface area contributed by atoms with Crippen molar-refractivity contribution in [1.29, 1.82) is 0 Å². The fourth-order valence-electron chi connectivity index (χ4n) is 2.56. The van der Waals surface area contributed by atoms with E-state index in [9.17, 15) is 9.59 Å². The summed E-state index contributed by atoms with van der Waals surface area (Å²) in [5.41, 5.74) is 2.39. The van der Waals surface area contributed by atoms with Crippen LogP contribution in [0.4, 0.5) is 0 Å². The maximum Gasteiger partial charge on any atom is 0.338 e. The molecule has 26 heavy (non-hydrogen) atoms. The summed E-state index contributed by atoms with van der Waals surface area (Å²) < 4.78 is 16.1. The molecule has 0 unspecified atom stereocenters. The van der Waals surface area contributed by atoms with Gasteiger partial charge in [-0.05, 0) is 36.8 Å². The van der Waals surface area contributed by atoms with Crippen molar-refractivity contribution >= 4 is 11.9 Å². The molecule has 2 aromatic rings. The smallest absolute Gasteiger partial charge is 0.338 e. The molecule has 0 N–H and O–H groups in total. The number of likely N-dealkylation sites (N-methyl/N-ethyl adjacent to an activating group) is 1. The van der Waals surface area contributed by atoms with Gasteiger partial charge in [-0.15, -0.1) is 0 Å². The van der Waals surface area contributed by atoms with E-state index < -0.39 is 5.97 Å². The van der Waals surface area contributed by atoms with Crippen LogP contribution in [0.5, 0.6) is 11.5 Å². The Bertz CT molecular complexity index is 800. The predicted molar refractivity (Wildman–Crippen MR) is 95.4 cm³/mol. The van der Waals surface area contributed by atoms with Gasteiger partial charge in [0.15, 0.2) is 18.1 Å². The Morgan fingerprint density at radius 1 is 1.04 bits per heavy atom. The molecule has 1 amide bonds. The van der Waals surface area contributed by atoms with E-state index in [1.54, 1.807) is 19.2 Å². The number of nitrogens with zero attached hydrogens (tertiary/aromatic N) is 1. The zero-order chi connectivity index (χ0) is 18.5. The number of benzene rings is 2. The van der Waals surface area contributed by atoms with E-state index >= 15 is 0 Å². The molecule has 0 saturated heterocycles. The minimum absolute atomic E-state index is 0.277. The Morgan fingerprint density at radius 3 is 2.46 bits per heavy atom. The van der Waals surface area contributed by atoms with Crippen molar-refractivity contribution in [3.05, 3.63) is 59.2 Å². The van der Waals surface area contributed by atoms with Crippen LogP contribution in [0.1, 0.15) is 21.5 Å². The van der Waals surface area contributed by atoms with E-state index in [4.69, 9.17) is 14.2 Å². The highest BCUT2D eigenvalue weighted by Crippen LogP contribution is 2.31. The molecular formula is C20H21NO5. The number of amides is 1. The largest absolute Gasteiger partial charge is 0.486 e. The minimum atomic E-state index is -0.508. The van der Waals surface area contributed by atoms with Crippen LogP contribution in [-0.2, 0) is 16.1 Å². The summed E-state index contributed by atoms with van der Waals surface area (Å²) in [7, 11) is 1.67. The van der Waals surface area contributed by atoms with Crippen LogP contribution in [-0.4, -0.2) is 43.6 Å². The average Bonchev–Trinajstić information content (AvgIpc) is 2.66. The van der Waals surface area contributed by atoms with Crippen LogP contribution >= 0.6 is 0 Å². The molecule has 3 rings (SSSR count). The summed E-state index contributed by atoms with van der Waals surface area (Å²) in [4.78, 5) is 25.7. The second-order valence-corrected chi connectivity index (χ2v) is 6.17. The molecule has 0 bridgehead atoms. The number of hydrogen-bond donors (Lipinski definition) is 0. The first-order valence-corrected chi connectivity index (χ1v) is 8.39. The lowest BCUT2D eigenvalue weighted by Gasteiger charge is -2.21. The van der Waals surface area contributed by atoms with Crippen LogP contribution < -0.4 is 9.47 Å². The van der Waals surface area contributed by atoms with Crippen molar-refractivity contribution in [1.82, 2.24) is 4.90 Å². The first-order chi connectivity index (χ1) is 12.5. The van der Waals surface area contributed by atoms with E-state index in [2.05, 4.69) is 0 Å². The molecule has 0 spiro atoms. The van der Waals surface area contributed by atoms with Gasteiger partial charge in [-0.3, -0.25) is 4.79 Å². The second kappa shape index (κ2) is 7.91. The molecule has 0 fully saturated rings. The number of carbonyl (C=O) groups is 2. The minimum Gasteiger partial charge on any atom is -0.486 e. The van der Waals surface area contributed by atoms with E-state index in [0.717, 1.165) is 11.1 Å². The fraction of sp³-hybridized carbons (Fsp3) is 0.300. The number of fused-ring (bicyclic) bond motifs is 1. The lowest BCUT2D eigenvalue weighted by molar-refractivity contribution is -0.133. The summed E-state index contributed by atoms with van der Waals surface area (Å²) in [6, 6.07) is 12.6. The van der Waals surface area contributed by atoms with Crippen molar-refractivity contribution in [2.45, 2.75) is 13.5 Å². The predicted octanol–water partition coefficient (Wildman–Crippen LogP) is 2.58. The Kier molecular flexibility index (Phi) is 5.41. The first-order valence-electron chi connectivity index (χ1n) is 8.39. The van der Waals surface area contributed by atoms with Crippen molar-refractivity contribution < 1.29 is 23.8 Å². The molecule has 1 aliphatic heterocycles. The Morgan fingerprint density at radius 2 is 1.73 bits per heavy atom. The maximum atomic E-state index is 12.2. The topological polar surface area (TPSA) is 65.1 Å². The summed E-state index contributed by atoms with van der Waals surface area (Å²) in [6.45, 7) is 3.08. The molecule has 6 heteroatoms. The molecule has 0 saturated carbocycles.